The van der Waals surface area contributed by atoms with Crippen LogP contribution in [0.15, 0.2) is 11.4 Å². The van der Waals surface area contributed by atoms with Gasteiger partial charge in [0.15, 0.2) is 0 Å². The maximum atomic E-state index is 12.7. The van der Waals surface area contributed by atoms with Gasteiger partial charge in [-0.1, -0.05) is 12.8 Å². The first kappa shape index (κ1) is 16.0. The Labute approximate surface area is 136 Å². The normalized spacial score (nSPS) is 23.2. The lowest BCUT2D eigenvalue weighted by molar-refractivity contribution is -0.132. The molecule has 5 heteroatoms. The van der Waals surface area contributed by atoms with Gasteiger partial charge in [0.2, 0.25) is 5.91 Å². The summed E-state index contributed by atoms with van der Waals surface area (Å²) in [5, 5.41) is 5.28. The van der Waals surface area contributed by atoms with Gasteiger partial charge in [0.05, 0.1) is 12.0 Å². The molecule has 22 heavy (non-hydrogen) atoms. The molecule has 1 aliphatic heterocycles. The van der Waals surface area contributed by atoms with Gasteiger partial charge in [0.25, 0.3) is 0 Å². The van der Waals surface area contributed by atoms with Gasteiger partial charge in [-0.25, -0.2) is 0 Å². The minimum absolute atomic E-state index is 0.0137. The summed E-state index contributed by atoms with van der Waals surface area (Å²) >= 11 is 1.79. The van der Waals surface area contributed by atoms with Gasteiger partial charge in [0.1, 0.15) is 6.10 Å². The van der Waals surface area contributed by atoms with Crippen molar-refractivity contribution in [2.24, 2.45) is 5.41 Å². The van der Waals surface area contributed by atoms with Crippen molar-refractivity contribution in [3.05, 3.63) is 21.9 Å². The highest BCUT2D eigenvalue weighted by molar-refractivity contribution is 7.10. The zero-order chi connectivity index (χ0) is 15.4. The Kier molecular flexibility index (Phi) is 5.16. The molecule has 2 heterocycles. The number of methoxy groups -OCH3 is 1. The van der Waals surface area contributed by atoms with E-state index < -0.39 is 0 Å². The lowest BCUT2D eigenvalue weighted by Crippen LogP contribution is -2.42. The van der Waals surface area contributed by atoms with Gasteiger partial charge in [-0.05, 0) is 36.3 Å². The van der Waals surface area contributed by atoms with Crippen LogP contribution >= 0.6 is 11.3 Å². The topological polar surface area (TPSA) is 47.6 Å². The smallest absolute Gasteiger partial charge is 0.226 e. The standard InChI is InChI=1S/C17H25NO3S/c1-20-10-8-17(6-2-3-7-17)16(19)18-12-14-13-5-11-22-15(13)4-9-21-14/h5,11,14H,2-4,6-10,12H2,1H3,(H,18,19)/t14-/m0/s1. The fourth-order valence-corrected chi connectivity index (χ4v) is 4.62. The van der Waals surface area contributed by atoms with E-state index in [2.05, 4.69) is 16.8 Å². The molecule has 4 nitrogen and oxygen atoms in total. The number of rotatable bonds is 6. The van der Waals surface area contributed by atoms with Crippen LogP contribution in [0.3, 0.4) is 0 Å². The molecule has 1 amide bonds. The SMILES string of the molecule is COCCC1(C(=O)NC[C@@H]2OCCc3sccc32)CCCC1. The largest absolute Gasteiger partial charge is 0.385 e. The number of ether oxygens (including phenoxy) is 2. The van der Waals surface area contributed by atoms with Crippen LogP contribution in [-0.2, 0) is 20.7 Å². The Morgan fingerprint density at radius 3 is 3.09 bits per heavy atom. The molecule has 3 rings (SSSR count). The van der Waals surface area contributed by atoms with Crippen LogP contribution in [0.1, 0.15) is 48.6 Å². The summed E-state index contributed by atoms with van der Waals surface area (Å²) in [6, 6.07) is 2.13. The predicted octanol–water partition coefficient (Wildman–Crippen LogP) is 3.08. The molecule has 1 aliphatic carbocycles. The van der Waals surface area contributed by atoms with Crippen LogP contribution in [0, 0.1) is 5.41 Å². The number of hydrogen-bond acceptors (Lipinski definition) is 4. The van der Waals surface area contributed by atoms with Crippen LogP contribution in [0.2, 0.25) is 0 Å². The van der Waals surface area contributed by atoms with Gasteiger partial charge >= 0.3 is 0 Å². The van der Waals surface area contributed by atoms with Crippen molar-refractivity contribution in [2.45, 2.75) is 44.6 Å². The maximum Gasteiger partial charge on any atom is 0.226 e. The van der Waals surface area contributed by atoms with Crippen molar-refractivity contribution in [3.8, 4) is 0 Å². The van der Waals surface area contributed by atoms with Crippen LogP contribution < -0.4 is 5.32 Å². The molecule has 1 fully saturated rings. The Morgan fingerprint density at radius 1 is 1.50 bits per heavy atom. The molecule has 122 valence electrons. The van der Waals surface area contributed by atoms with E-state index in [1.165, 1.54) is 10.4 Å². The van der Waals surface area contributed by atoms with Gasteiger partial charge in [-0.15, -0.1) is 11.3 Å². The van der Waals surface area contributed by atoms with E-state index >= 15 is 0 Å². The van der Waals surface area contributed by atoms with Gasteiger partial charge in [-0.2, -0.15) is 0 Å². The second kappa shape index (κ2) is 7.11. The summed E-state index contributed by atoms with van der Waals surface area (Å²) in [5.41, 5.74) is 1.04. The average molecular weight is 323 g/mol. The Balaban J connectivity index is 1.60. The van der Waals surface area contributed by atoms with Crippen molar-refractivity contribution in [3.63, 3.8) is 0 Å². The first-order chi connectivity index (χ1) is 10.7. The highest BCUT2D eigenvalue weighted by atomic mass is 32.1. The molecule has 1 N–H and O–H groups in total. The van der Waals surface area contributed by atoms with Crippen molar-refractivity contribution in [2.75, 3.05) is 26.9 Å². The van der Waals surface area contributed by atoms with E-state index in [1.54, 1.807) is 18.4 Å². The molecular weight excluding hydrogens is 298 g/mol. The third kappa shape index (κ3) is 3.21. The lowest BCUT2D eigenvalue weighted by Gasteiger charge is -2.29. The number of hydrogen-bond donors (Lipinski definition) is 1. The summed E-state index contributed by atoms with van der Waals surface area (Å²) in [6.45, 7) is 1.99. The van der Waals surface area contributed by atoms with Gasteiger partial charge in [-0.3, -0.25) is 4.79 Å². The second-order valence-electron chi connectivity index (χ2n) is 6.35. The predicted molar refractivity (Wildman–Crippen MR) is 87.1 cm³/mol. The molecule has 2 aliphatic rings. The molecule has 0 aromatic carbocycles. The van der Waals surface area contributed by atoms with E-state index in [1.807, 2.05) is 0 Å². The number of carbonyl (C=O) groups excluding carboxylic acids is 1. The van der Waals surface area contributed by atoms with Crippen LogP contribution in [0.4, 0.5) is 0 Å². The molecule has 0 spiro atoms. The maximum absolute atomic E-state index is 12.7. The van der Waals surface area contributed by atoms with E-state index in [4.69, 9.17) is 9.47 Å². The Morgan fingerprint density at radius 2 is 2.32 bits per heavy atom. The highest BCUT2D eigenvalue weighted by Gasteiger charge is 2.40. The third-order valence-electron chi connectivity index (χ3n) is 5.05. The van der Waals surface area contributed by atoms with E-state index in [9.17, 15) is 4.79 Å². The number of amides is 1. The molecule has 0 radical (unpaired) electrons. The van der Waals surface area contributed by atoms with Crippen LogP contribution in [0.25, 0.3) is 0 Å². The summed E-state index contributed by atoms with van der Waals surface area (Å²) in [6.07, 6.45) is 6.09. The lowest BCUT2D eigenvalue weighted by atomic mass is 9.82. The van der Waals surface area contributed by atoms with Crippen LogP contribution in [-0.4, -0.2) is 32.8 Å². The number of thiophene rings is 1. The molecule has 0 unspecified atom stereocenters. The Hall–Kier alpha value is -0.910. The van der Waals surface area contributed by atoms with Gasteiger partial charge in [0, 0.05) is 31.6 Å². The summed E-state index contributed by atoms with van der Waals surface area (Å²) in [7, 11) is 1.70. The Bertz CT molecular complexity index is 508. The molecular formula is C17H25NO3S. The summed E-state index contributed by atoms with van der Waals surface area (Å²) < 4.78 is 11.1. The van der Waals surface area contributed by atoms with Crippen molar-refractivity contribution >= 4 is 17.2 Å². The first-order valence-corrected chi connectivity index (χ1v) is 9.08. The van der Waals surface area contributed by atoms with Crippen molar-refractivity contribution in [1.29, 1.82) is 0 Å². The molecule has 1 saturated carbocycles. The minimum Gasteiger partial charge on any atom is -0.385 e. The van der Waals surface area contributed by atoms with E-state index in [-0.39, 0.29) is 17.4 Å². The molecule has 1 aromatic heterocycles. The first-order valence-electron chi connectivity index (χ1n) is 8.20. The molecule has 0 bridgehead atoms. The zero-order valence-corrected chi connectivity index (χ0v) is 14.0. The van der Waals surface area contributed by atoms with Crippen molar-refractivity contribution in [1.82, 2.24) is 5.32 Å². The monoisotopic (exact) mass is 323 g/mol. The quantitative estimate of drug-likeness (QED) is 0.875. The summed E-state index contributed by atoms with van der Waals surface area (Å²) in [4.78, 5) is 14.1. The average Bonchev–Trinajstić information content (AvgIpc) is 3.20. The fourth-order valence-electron chi connectivity index (χ4n) is 3.71. The number of fused-ring (bicyclic) bond motifs is 1. The zero-order valence-electron chi connectivity index (χ0n) is 13.2. The van der Waals surface area contributed by atoms with Crippen molar-refractivity contribution < 1.29 is 14.3 Å². The minimum atomic E-state index is -0.220. The van der Waals surface area contributed by atoms with Crippen LogP contribution in [0.5, 0.6) is 0 Å². The molecule has 1 atom stereocenters. The number of carbonyl (C=O) groups is 1. The van der Waals surface area contributed by atoms with E-state index in [0.717, 1.165) is 45.1 Å². The number of nitrogens with one attached hydrogen (secondary N) is 1. The molecule has 0 saturated heterocycles. The fraction of sp³-hybridized carbons (Fsp3) is 0.706. The second-order valence-corrected chi connectivity index (χ2v) is 7.35. The highest BCUT2D eigenvalue weighted by Crippen LogP contribution is 2.41. The summed E-state index contributed by atoms with van der Waals surface area (Å²) in [5.74, 6) is 0.188. The van der Waals surface area contributed by atoms with E-state index in [0.29, 0.717) is 13.2 Å². The van der Waals surface area contributed by atoms with Gasteiger partial charge < -0.3 is 14.8 Å². The third-order valence-corrected chi connectivity index (χ3v) is 6.05. The molecule has 1 aromatic rings.